The zero-order valence-corrected chi connectivity index (χ0v) is 20.3. The molecule has 33 heavy (non-hydrogen) atoms. The number of aliphatic hydroxyl groups excluding tert-OH is 1. The number of nitrogens with one attached hydrogen (secondary N) is 1. The van der Waals surface area contributed by atoms with Crippen LogP contribution in [0.25, 0.3) is 10.4 Å². The topological polar surface area (TPSA) is 102 Å². The first-order valence-corrected chi connectivity index (χ1v) is 11.6. The molecule has 7 nitrogen and oxygen atoms in total. The smallest absolute Gasteiger partial charge is 0.278 e. The van der Waals surface area contributed by atoms with Gasteiger partial charge in [0.2, 0.25) is 0 Å². The van der Waals surface area contributed by atoms with Gasteiger partial charge >= 0.3 is 0 Å². The molecule has 1 aromatic heterocycles. The maximum absolute atomic E-state index is 13.2. The van der Waals surface area contributed by atoms with Gasteiger partial charge in [0, 0.05) is 23.7 Å². The van der Waals surface area contributed by atoms with Crippen LogP contribution in [-0.2, 0) is 0 Å². The third-order valence-electron chi connectivity index (χ3n) is 4.44. The Bertz CT molecular complexity index is 1230. The highest BCUT2D eigenvalue weighted by molar-refractivity contribution is 7.14. The van der Waals surface area contributed by atoms with E-state index in [9.17, 15) is 14.7 Å². The summed E-state index contributed by atoms with van der Waals surface area (Å²) in [4.78, 5) is 25.8. The van der Waals surface area contributed by atoms with E-state index in [-0.39, 0.29) is 40.7 Å². The van der Waals surface area contributed by atoms with Crippen molar-refractivity contribution in [2.75, 3.05) is 18.2 Å². The molecule has 0 unspecified atom stereocenters. The Morgan fingerprint density at radius 3 is 2.52 bits per heavy atom. The van der Waals surface area contributed by atoms with Crippen LogP contribution in [0.3, 0.4) is 0 Å². The summed E-state index contributed by atoms with van der Waals surface area (Å²) in [6, 6.07) is 9.13. The molecular formula is C22H18Cl3N3O4S. The molecule has 1 heterocycles. The predicted molar refractivity (Wildman–Crippen MR) is 133 cm³/mol. The molecule has 3 rings (SSSR count). The Labute approximate surface area is 208 Å². The Balaban J connectivity index is 1.94. The highest BCUT2D eigenvalue weighted by Crippen LogP contribution is 2.45. The lowest BCUT2D eigenvalue weighted by Gasteiger charge is -2.17. The minimum atomic E-state index is -0.564. The average Bonchev–Trinajstić information content (AvgIpc) is 3.18. The van der Waals surface area contributed by atoms with Crippen molar-refractivity contribution in [3.63, 3.8) is 0 Å². The second-order valence-corrected chi connectivity index (χ2v) is 8.69. The Morgan fingerprint density at radius 1 is 1.12 bits per heavy atom. The quantitative estimate of drug-likeness (QED) is 0.281. The van der Waals surface area contributed by atoms with E-state index in [2.05, 4.69) is 10.4 Å². The molecule has 2 aromatic carbocycles. The number of amides is 2. The number of carbonyl (C=O) groups excluding carboxylic acids is 2. The van der Waals surface area contributed by atoms with Gasteiger partial charge in [0.1, 0.15) is 5.69 Å². The number of halogens is 3. The van der Waals surface area contributed by atoms with Gasteiger partial charge in [0.05, 0.1) is 32.1 Å². The zero-order valence-electron chi connectivity index (χ0n) is 17.2. The van der Waals surface area contributed by atoms with Crippen molar-refractivity contribution in [1.82, 2.24) is 5.32 Å². The summed E-state index contributed by atoms with van der Waals surface area (Å²) < 4.78 is 0. The second-order valence-electron chi connectivity index (χ2n) is 6.59. The fraction of sp³-hybridized carbons (Fsp3) is 0.136. The Kier molecular flexibility index (Phi) is 8.34. The number of nitrogens with zero attached hydrogens (tertiary/aromatic N) is 2. The molecule has 0 aliphatic carbocycles. The highest BCUT2D eigenvalue weighted by atomic mass is 35.5. The van der Waals surface area contributed by atoms with Crippen LogP contribution >= 0.6 is 46.1 Å². The van der Waals surface area contributed by atoms with E-state index in [0.29, 0.717) is 20.5 Å². The first kappa shape index (κ1) is 25.0. The molecule has 0 saturated heterocycles. The SMILES string of the molecule is CC=NN(C(=O)c1ccc(C(=O)NCCO)c(Cl)c1)c1csc(-c2ccc(Cl)c(Cl)c2)c1O. The summed E-state index contributed by atoms with van der Waals surface area (Å²) in [7, 11) is 0. The predicted octanol–water partition coefficient (Wildman–Crippen LogP) is 5.46. The van der Waals surface area contributed by atoms with E-state index in [1.54, 1.807) is 30.5 Å². The molecule has 0 atom stereocenters. The third kappa shape index (κ3) is 5.48. The van der Waals surface area contributed by atoms with Crippen LogP contribution in [0.15, 0.2) is 46.9 Å². The number of carbonyl (C=O) groups is 2. The zero-order chi connectivity index (χ0) is 24.1. The van der Waals surface area contributed by atoms with Crippen molar-refractivity contribution in [1.29, 1.82) is 0 Å². The number of thiophene rings is 1. The highest BCUT2D eigenvalue weighted by Gasteiger charge is 2.25. The first-order chi connectivity index (χ1) is 15.8. The van der Waals surface area contributed by atoms with Gasteiger partial charge in [-0.1, -0.05) is 40.9 Å². The average molecular weight is 527 g/mol. The first-order valence-electron chi connectivity index (χ1n) is 9.56. The molecule has 0 aliphatic heterocycles. The van der Waals surface area contributed by atoms with Gasteiger partial charge in [-0.2, -0.15) is 10.1 Å². The van der Waals surface area contributed by atoms with E-state index in [1.807, 2.05) is 0 Å². The summed E-state index contributed by atoms with van der Waals surface area (Å²) in [6.45, 7) is 1.50. The number of hydrogen-bond donors (Lipinski definition) is 3. The number of benzene rings is 2. The van der Waals surface area contributed by atoms with Crippen molar-refractivity contribution in [3.05, 3.63) is 68.0 Å². The van der Waals surface area contributed by atoms with Crippen LogP contribution in [0.2, 0.25) is 15.1 Å². The summed E-state index contributed by atoms with van der Waals surface area (Å²) in [5.74, 6) is -1.19. The van der Waals surface area contributed by atoms with Crippen molar-refractivity contribution >= 4 is 69.9 Å². The number of aliphatic hydroxyl groups is 1. The minimum absolute atomic E-state index is 0.0581. The monoisotopic (exact) mass is 525 g/mol. The number of anilines is 1. The normalized spacial score (nSPS) is 11.1. The molecule has 0 aliphatic rings. The van der Waals surface area contributed by atoms with Gasteiger partial charge < -0.3 is 15.5 Å². The van der Waals surface area contributed by atoms with Gasteiger partial charge in [0.15, 0.2) is 5.75 Å². The van der Waals surface area contributed by atoms with Crippen LogP contribution in [-0.4, -0.2) is 41.4 Å². The standard InChI is InChI=1S/C22H18Cl3N3O4S/c1-2-27-28(18-11-33-20(19(18)30)12-4-6-15(23)17(25)9-12)22(32)13-3-5-14(16(24)10-13)21(31)26-7-8-29/h2-6,9-11,29-30H,7-8H2,1H3,(H,26,31). The summed E-state index contributed by atoms with van der Waals surface area (Å²) in [6.07, 6.45) is 1.41. The maximum Gasteiger partial charge on any atom is 0.278 e. The molecular weight excluding hydrogens is 509 g/mol. The second kappa shape index (κ2) is 11.0. The molecule has 11 heteroatoms. The molecule has 0 fully saturated rings. The molecule has 3 N–H and O–H groups in total. The van der Waals surface area contributed by atoms with E-state index in [4.69, 9.17) is 39.9 Å². The van der Waals surface area contributed by atoms with Crippen molar-refractivity contribution < 1.29 is 19.8 Å². The molecule has 0 saturated carbocycles. The lowest BCUT2D eigenvalue weighted by atomic mass is 10.1. The molecule has 3 aromatic rings. The summed E-state index contributed by atoms with van der Waals surface area (Å²) in [5, 5.41) is 29.7. The van der Waals surface area contributed by atoms with Crippen LogP contribution in [0, 0.1) is 0 Å². The Hall–Kier alpha value is -2.62. The molecule has 172 valence electrons. The lowest BCUT2D eigenvalue weighted by Crippen LogP contribution is -2.27. The van der Waals surface area contributed by atoms with Crippen LogP contribution in [0.5, 0.6) is 5.75 Å². The van der Waals surface area contributed by atoms with Crippen molar-refractivity contribution in [2.24, 2.45) is 5.10 Å². The molecule has 0 spiro atoms. The van der Waals surface area contributed by atoms with E-state index < -0.39 is 11.8 Å². The number of hydrazone groups is 1. The lowest BCUT2D eigenvalue weighted by molar-refractivity contribution is 0.0942. The van der Waals surface area contributed by atoms with Crippen molar-refractivity contribution in [2.45, 2.75) is 6.92 Å². The van der Waals surface area contributed by atoms with Crippen molar-refractivity contribution in [3.8, 4) is 16.2 Å². The maximum atomic E-state index is 13.2. The fourth-order valence-corrected chi connectivity index (χ4v) is 4.38. The van der Waals surface area contributed by atoms with Crippen LogP contribution in [0.1, 0.15) is 27.6 Å². The van der Waals surface area contributed by atoms with Gasteiger partial charge in [0.25, 0.3) is 11.8 Å². The van der Waals surface area contributed by atoms with Gasteiger partial charge in [-0.05, 0) is 42.8 Å². The minimum Gasteiger partial charge on any atom is -0.504 e. The van der Waals surface area contributed by atoms with Gasteiger partial charge in [-0.15, -0.1) is 11.3 Å². The van der Waals surface area contributed by atoms with Crippen LogP contribution < -0.4 is 10.3 Å². The molecule has 0 bridgehead atoms. The van der Waals surface area contributed by atoms with E-state index in [0.717, 1.165) is 5.01 Å². The number of hydrogen-bond acceptors (Lipinski definition) is 6. The Morgan fingerprint density at radius 2 is 1.88 bits per heavy atom. The van der Waals surface area contributed by atoms with E-state index >= 15 is 0 Å². The van der Waals surface area contributed by atoms with Gasteiger partial charge in [-0.25, -0.2) is 0 Å². The summed E-state index contributed by atoms with van der Waals surface area (Å²) in [5.41, 5.74) is 1.12. The largest absolute Gasteiger partial charge is 0.504 e. The number of aromatic hydroxyl groups is 1. The molecule has 0 radical (unpaired) electrons. The molecule has 2 amide bonds. The third-order valence-corrected chi connectivity index (χ3v) is 6.50. The fourth-order valence-electron chi connectivity index (χ4n) is 2.89. The summed E-state index contributed by atoms with van der Waals surface area (Å²) >= 11 is 19.5. The van der Waals surface area contributed by atoms with Crippen LogP contribution in [0.4, 0.5) is 5.69 Å². The van der Waals surface area contributed by atoms with Gasteiger partial charge in [-0.3, -0.25) is 9.59 Å². The van der Waals surface area contributed by atoms with E-state index in [1.165, 1.54) is 35.8 Å². The number of rotatable bonds is 7.